The van der Waals surface area contributed by atoms with E-state index in [1.165, 1.54) is 0 Å². The Morgan fingerprint density at radius 2 is 1.71 bits per heavy atom. The van der Waals surface area contributed by atoms with Gasteiger partial charge in [0.2, 0.25) is 5.91 Å². The second-order valence-electron chi connectivity index (χ2n) is 9.53. The predicted molar refractivity (Wildman–Crippen MR) is 136 cm³/mol. The third-order valence-corrected chi connectivity index (χ3v) is 6.35. The van der Waals surface area contributed by atoms with Crippen molar-refractivity contribution >= 4 is 17.9 Å². The topological polar surface area (TPSA) is 90.9 Å². The molecule has 2 aromatic carbocycles. The Bertz CT molecular complexity index is 1170. The molecule has 0 saturated carbocycles. The monoisotopic (exact) mass is 476 g/mol. The summed E-state index contributed by atoms with van der Waals surface area (Å²) in [6.45, 7) is 11.7. The Kier molecular flexibility index (Phi) is 7.86. The minimum absolute atomic E-state index is 0.141. The Labute approximate surface area is 206 Å². The number of aromatic nitrogens is 2. The summed E-state index contributed by atoms with van der Waals surface area (Å²) in [5.41, 5.74) is 4.02. The van der Waals surface area contributed by atoms with E-state index in [1.54, 1.807) is 24.6 Å². The lowest BCUT2D eigenvalue weighted by molar-refractivity contribution is -0.118. The minimum Gasteiger partial charge on any atom is -0.384 e. The van der Waals surface area contributed by atoms with Gasteiger partial charge in [-0.25, -0.2) is 4.68 Å². The Balaban J connectivity index is 1.84. The number of nitrogens with one attached hydrogen (secondary N) is 1. The van der Waals surface area contributed by atoms with Crippen LogP contribution in [0.3, 0.4) is 0 Å². The number of carbonyl (C=O) groups excluding carboxylic acids is 1. The van der Waals surface area contributed by atoms with Crippen LogP contribution in [0.4, 0.5) is 0 Å². The molecule has 178 valence electrons. The summed E-state index contributed by atoms with van der Waals surface area (Å²) >= 11 is 1.13. The molecule has 1 amide bonds. The van der Waals surface area contributed by atoms with Crippen molar-refractivity contribution in [2.75, 3.05) is 0 Å². The molecule has 0 saturated heterocycles. The lowest BCUT2D eigenvalue weighted by atomic mass is 9.85. The number of aliphatic hydroxyl groups is 1. The first-order valence-corrected chi connectivity index (χ1v) is 12.2. The number of nitrogens with zero attached hydrogens (tertiary/aromatic N) is 3. The average Bonchev–Trinajstić information content (AvgIpc) is 3.23. The Morgan fingerprint density at radius 1 is 1.12 bits per heavy atom. The van der Waals surface area contributed by atoms with Gasteiger partial charge in [0.1, 0.15) is 10.6 Å². The molecule has 1 heterocycles. The highest BCUT2D eigenvalue weighted by Gasteiger charge is 2.25. The van der Waals surface area contributed by atoms with Gasteiger partial charge in [-0.1, -0.05) is 45.9 Å². The van der Waals surface area contributed by atoms with E-state index >= 15 is 0 Å². The third kappa shape index (κ3) is 5.88. The fourth-order valence-electron chi connectivity index (χ4n) is 3.93. The van der Waals surface area contributed by atoms with Crippen LogP contribution < -0.4 is 4.72 Å². The Morgan fingerprint density at radius 3 is 2.21 bits per heavy atom. The summed E-state index contributed by atoms with van der Waals surface area (Å²) < 4.78 is 4.60. The van der Waals surface area contributed by atoms with Gasteiger partial charge >= 0.3 is 0 Å². The molecule has 34 heavy (non-hydrogen) atoms. The van der Waals surface area contributed by atoms with Gasteiger partial charge in [0, 0.05) is 11.9 Å². The molecule has 6 nitrogen and oxygen atoms in total. The fourth-order valence-corrected chi connectivity index (χ4v) is 4.52. The van der Waals surface area contributed by atoms with E-state index in [2.05, 4.69) is 43.6 Å². The molecule has 0 fully saturated rings. The van der Waals surface area contributed by atoms with Gasteiger partial charge in [-0.15, -0.1) is 0 Å². The van der Waals surface area contributed by atoms with Gasteiger partial charge in [0.15, 0.2) is 0 Å². The molecule has 0 aliphatic rings. The minimum atomic E-state index is -1.10. The van der Waals surface area contributed by atoms with Gasteiger partial charge < -0.3 is 5.11 Å². The first-order chi connectivity index (χ1) is 16.0. The van der Waals surface area contributed by atoms with Gasteiger partial charge in [-0.05, 0) is 72.7 Å². The molecule has 1 aromatic heterocycles. The van der Waals surface area contributed by atoms with Gasteiger partial charge in [-0.3, -0.25) is 9.52 Å². The number of nitriles is 1. The number of rotatable bonds is 8. The number of amides is 1. The molecule has 0 spiro atoms. The maximum atomic E-state index is 13.0. The van der Waals surface area contributed by atoms with E-state index in [0.29, 0.717) is 16.3 Å². The lowest BCUT2D eigenvalue weighted by Gasteiger charge is -2.20. The smallest absolute Gasteiger partial charge is 0.234 e. The second-order valence-corrected chi connectivity index (χ2v) is 10.4. The third-order valence-electron chi connectivity index (χ3n) is 5.61. The number of hydrogen-bond acceptors (Lipinski definition) is 5. The average molecular weight is 477 g/mol. The predicted octanol–water partition coefficient (Wildman–Crippen LogP) is 5.58. The van der Waals surface area contributed by atoms with E-state index in [4.69, 9.17) is 0 Å². The number of para-hydroxylation sites is 1. The summed E-state index contributed by atoms with van der Waals surface area (Å²) in [6.07, 6.45) is 0.220. The Hall–Kier alpha value is -3.08. The molecule has 7 heteroatoms. The lowest BCUT2D eigenvalue weighted by Crippen LogP contribution is -2.20. The van der Waals surface area contributed by atoms with Crippen molar-refractivity contribution in [2.45, 2.75) is 70.4 Å². The molecule has 3 rings (SSSR count). The van der Waals surface area contributed by atoms with Crippen molar-refractivity contribution in [3.8, 4) is 11.8 Å². The molecule has 2 N–H and O–H groups in total. The van der Waals surface area contributed by atoms with E-state index in [0.717, 1.165) is 34.3 Å². The highest BCUT2D eigenvalue weighted by Crippen LogP contribution is 2.31. The second kappa shape index (κ2) is 10.5. The van der Waals surface area contributed by atoms with E-state index < -0.39 is 5.60 Å². The molecule has 0 unspecified atom stereocenters. The van der Waals surface area contributed by atoms with Crippen LogP contribution in [-0.2, 0) is 16.8 Å². The van der Waals surface area contributed by atoms with Gasteiger partial charge in [0.25, 0.3) is 0 Å². The van der Waals surface area contributed by atoms with Crippen molar-refractivity contribution in [3.05, 3.63) is 76.5 Å². The van der Waals surface area contributed by atoms with Crippen LogP contribution in [0, 0.1) is 11.3 Å². The summed E-state index contributed by atoms with van der Waals surface area (Å²) in [7, 11) is 0. The maximum Gasteiger partial charge on any atom is 0.234 e. The summed E-state index contributed by atoms with van der Waals surface area (Å²) in [6, 6.07) is 17.4. The zero-order valence-electron chi connectivity index (χ0n) is 20.6. The number of hydrogen-bond donors (Lipinski definition) is 2. The normalized spacial score (nSPS) is 11.6. The standard InChI is InChI=1S/C27H32N4O2S/c1-17(2)21-12-19(16-28)13-22(18(3)4)23(21)14-25(32)30-34-26-15-24(27(5,6)33)31(29-26)20-10-8-7-9-11-20/h7-13,15,17-18,33H,14H2,1-6H3,(H,30,32). The number of benzene rings is 2. The van der Waals surface area contributed by atoms with E-state index in [1.807, 2.05) is 42.5 Å². The maximum absolute atomic E-state index is 13.0. The summed E-state index contributed by atoms with van der Waals surface area (Å²) in [5, 5.41) is 25.3. The molecule has 3 aromatic rings. The molecule has 0 aliphatic heterocycles. The van der Waals surface area contributed by atoms with Crippen molar-refractivity contribution in [2.24, 2.45) is 0 Å². The highest BCUT2D eigenvalue weighted by molar-refractivity contribution is 7.97. The molecule has 0 bridgehead atoms. The van der Waals surface area contributed by atoms with E-state index in [9.17, 15) is 15.2 Å². The molecular weight excluding hydrogens is 444 g/mol. The largest absolute Gasteiger partial charge is 0.384 e. The first-order valence-electron chi connectivity index (χ1n) is 11.4. The SMILES string of the molecule is CC(C)c1cc(C#N)cc(C(C)C)c1CC(=O)NSc1cc(C(C)(C)O)n(-c2ccccc2)n1. The zero-order valence-corrected chi connectivity index (χ0v) is 21.4. The van der Waals surface area contributed by atoms with Crippen molar-refractivity contribution in [1.82, 2.24) is 14.5 Å². The van der Waals surface area contributed by atoms with Gasteiger partial charge in [0.05, 0.1) is 29.4 Å². The molecule has 0 atom stereocenters. The number of carbonyl (C=O) groups is 1. The molecule has 0 aliphatic carbocycles. The summed E-state index contributed by atoms with van der Waals surface area (Å²) in [5.74, 6) is 0.243. The van der Waals surface area contributed by atoms with Crippen LogP contribution in [0.2, 0.25) is 0 Å². The molecule has 0 radical (unpaired) electrons. The van der Waals surface area contributed by atoms with Crippen molar-refractivity contribution < 1.29 is 9.90 Å². The zero-order chi connectivity index (χ0) is 25.0. The van der Waals surface area contributed by atoms with Crippen molar-refractivity contribution in [3.63, 3.8) is 0 Å². The van der Waals surface area contributed by atoms with E-state index in [-0.39, 0.29) is 24.2 Å². The van der Waals surface area contributed by atoms with Crippen LogP contribution in [0.1, 0.15) is 81.3 Å². The fraction of sp³-hybridized carbons (Fsp3) is 0.370. The van der Waals surface area contributed by atoms with Crippen LogP contribution in [0.25, 0.3) is 5.69 Å². The highest BCUT2D eigenvalue weighted by atomic mass is 32.2. The molecular formula is C27H32N4O2S. The van der Waals surface area contributed by atoms with Crippen LogP contribution in [-0.4, -0.2) is 20.8 Å². The summed E-state index contributed by atoms with van der Waals surface area (Å²) in [4.78, 5) is 13.0. The van der Waals surface area contributed by atoms with Crippen molar-refractivity contribution in [1.29, 1.82) is 5.26 Å². The van der Waals surface area contributed by atoms with Gasteiger partial charge in [-0.2, -0.15) is 10.4 Å². The quantitative estimate of drug-likeness (QED) is 0.414. The van der Waals surface area contributed by atoms with Crippen LogP contribution in [0.5, 0.6) is 0 Å². The first kappa shape index (κ1) is 25.5. The van der Waals surface area contributed by atoms with Crippen LogP contribution in [0.15, 0.2) is 53.6 Å². The van der Waals surface area contributed by atoms with Crippen LogP contribution >= 0.6 is 11.9 Å².